The van der Waals surface area contributed by atoms with Crippen molar-refractivity contribution in [1.29, 1.82) is 0 Å². The number of nitrogens with one attached hydrogen (secondary N) is 1. The van der Waals surface area contributed by atoms with E-state index in [0.29, 0.717) is 40.2 Å². The molecule has 1 saturated carbocycles. The number of aliphatic carboxylic acids is 1. The van der Waals surface area contributed by atoms with Crippen LogP contribution in [0.3, 0.4) is 0 Å². The number of hydrogen-bond donors (Lipinski definition) is 2. The van der Waals surface area contributed by atoms with E-state index in [2.05, 4.69) is 10.3 Å². The van der Waals surface area contributed by atoms with Crippen molar-refractivity contribution < 1.29 is 19.4 Å². The summed E-state index contributed by atoms with van der Waals surface area (Å²) in [6.45, 7) is 0.598. The minimum absolute atomic E-state index is 0.0595. The molecule has 1 aliphatic carbocycles. The number of hydrogen-bond acceptors (Lipinski definition) is 4. The molecule has 2 aromatic rings. The van der Waals surface area contributed by atoms with Gasteiger partial charge in [0.05, 0.1) is 18.6 Å². The normalized spacial score (nSPS) is 13.3. The number of carboxylic acid groups (broad SMARTS) is 1. The van der Waals surface area contributed by atoms with Crippen LogP contribution in [-0.2, 0) is 11.2 Å². The van der Waals surface area contributed by atoms with Gasteiger partial charge in [0, 0.05) is 11.9 Å². The van der Waals surface area contributed by atoms with E-state index >= 15 is 0 Å². The van der Waals surface area contributed by atoms with Gasteiger partial charge >= 0.3 is 5.97 Å². The molecule has 7 heteroatoms. The second-order valence-corrected chi connectivity index (χ2v) is 6.39. The highest BCUT2D eigenvalue weighted by Crippen LogP contribution is 2.31. The summed E-state index contributed by atoms with van der Waals surface area (Å²) in [4.78, 5) is 27.0. The van der Waals surface area contributed by atoms with E-state index in [0.717, 1.165) is 0 Å². The molecule has 0 unspecified atom stereocenters. The van der Waals surface area contributed by atoms with Crippen molar-refractivity contribution in [1.82, 2.24) is 4.98 Å². The fourth-order valence-corrected chi connectivity index (χ4v) is 2.44. The van der Waals surface area contributed by atoms with E-state index in [1.165, 1.54) is 25.1 Å². The first-order chi connectivity index (χ1) is 12.0. The molecule has 0 atom stereocenters. The predicted molar refractivity (Wildman–Crippen MR) is 93.2 cm³/mol. The van der Waals surface area contributed by atoms with Crippen LogP contribution in [0.4, 0.5) is 5.69 Å². The SMILES string of the molecule is O=C(O)Cc1ccc(NC(=O)c2cnc(OCC3CC3)c(Cl)c2)cc1. The first-order valence-corrected chi connectivity index (χ1v) is 8.29. The molecule has 0 aliphatic heterocycles. The smallest absolute Gasteiger partial charge is 0.307 e. The highest BCUT2D eigenvalue weighted by Gasteiger charge is 2.22. The lowest BCUT2D eigenvalue weighted by atomic mass is 10.1. The molecule has 1 heterocycles. The third-order valence-electron chi connectivity index (χ3n) is 3.79. The van der Waals surface area contributed by atoms with Crippen molar-refractivity contribution >= 4 is 29.2 Å². The Labute approximate surface area is 149 Å². The molecule has 25 heavy (non-hydrogen) atoms. The first-order valence-electron chi connectivity index (χ1n) is 7.91. The molecular formula is C18H17ClN2O4. The van der Waals surface area contributed by atoms with Gasteiger partial charge in [0.1, 0.15) is 5.02 Å². The quantitative estimate of drug-likeness (QED) is 0.790. The molecule has 3 rings (SSSR count). The predicted octanol–water partition coefficient (Wildman–Crippen LogP) is 3.40. The van der Waals surface area contributed by atoms with Crippen molar-refractivity contribution in [3.05, 3.63) is 52.7 Å². The van der Waals surface area contributed by atoms with Crippen molar-refractivity contribution in [3.8, 4) is 5.88 Å². The summed E-state index contributed by atoms with van der Waals surface area (Å²) in [5.41, 5.74) is 1.54. The molecule has 0 radical (unpaired) electrons. The Morgan fingerprint density at radius 1 is 1.28 bits per heavy atom. The number of rotatable bonds is 7. The first kappa shape index (κ1) is 17.2. The fraction of sp³-hybridized carbons (Fsp3) is 0.278. The summed E-state index contributed by atoms with van der Waals surface area (Å²) in [5, 5.41) is 11.8. The van der Waals surface area contributed by atoms with Crippen LogP contribution in [-0.4, -0.2) is 28.6 Å². The Balaban J connectivity index is 1.62. The third-order valence-corrected chi connectivity index (χ3v) is 4.06. The van der Waals surface area contributed by atoms with Gasteiger partial charge < -0.3 is 15.2 Å². The second-order valence-electron chi connectivity index (χ2n) is 5.99. The minimum Gasteiger partial charge on any atom is -0.481 e. The summed E-state index contributed by atoms with van der Waals surface area (Å²) < 4.78 is 5.54. The summed E-state index contributed by atoms with van der Waals surface area (Å²) in [7, 11) is 0. The van der Waals surface area contributed by atoms with Crippen LogP contribution >= 0.6 is 11.6 Å². The van der Waals surface area contributed by atoms with E-state index < -0.39 is 5.97 Å². The highest BCUT2D eigenvalue weighted by atomic mass is 35.5. The summed E-state index contributed by atoms with van der Waals surface area (Å²) >= 11 is 6.13. The molecule has 1 aromatic heterocycles. The molecule has 6 nitrogen and oxygen atoms in total. The number of nitrogens with zero attached hydrogens (tertiary/aromatic N) is 1. The summed E-state index contributed by atoms with van der Waals surface area (Å²) in [5.74, 6) is -0.330. The molecule has 1 amide bonds. The van der Waals surface area contributed by atoms with Crippen LogP contribution in [0.25, 0.3) is 0 Å². The van der Waals surface area contributed by atoms with Crippen molar-refractivity contribution in [2.75, 3.05) is 11.9 Å². The molecule has 0 saturated heterocycles. The van der Waals surface area contributed by atoms with Crippen LogP contribution < -0.4 is 10.1 Å². The van der Waals surface area contributed by atoms with Crippen LogP contribution in [0, 0.1) is 5.92 Å². The van der Waals surface area contributed by atoms with Gasteiger partial charge in [-0.25, -0.2) is 4.98 Å². The van der Waals surface area contributed by atoms with Crippen LogP contribution in [0.5, 0.6) is 5.88 Å². The Bertz CT molecular complexity index is 788. The van der Waals surface area contributed by atoms with Crippen molar-refractivity contribution in [2.45, 2.75) is 19.3 Å². The van der Waals surface area contributed by atoms with E-state index in [-0.39, 0.29) is 12.3 Å². The summed E-state index contributed by atoms with van der Waals surface area (Å²) in [6.07, 6.45) is 3.70. The lowest BCUT2D eigenvalue weighted by molar-refractivity contribution is -0.136. The average molecular weight is 361 g/mol. The Hall–Kier alpha value is -2.60. The zero-order valence-corrected chi connectivity index (χ0v) is 14.1. The number of amides is 1. The largest absolute Gasteiger partial charge is 0.481 e. The number of carboxylic acids is 1. The van der Waals surface area contributed by atoms with Gasteiger partial charge in [-0.2, -0.15) is 0 Å². The molecular weight excluding hydrogens is 344 g/mol. The average Bonchev–Trinajstić information content (AvgIpc) is 3.39. The molecule has 130 valence electrons. The molecule has 0 bridgehead atoms. The number of carbonyl (C=O) groups is 2. The lowest BCUT2D eigenvalue weighted by Crippen LogP contribution is -2.13. The van der Waals surface area contributed by atoms with E-state index in [9.17, 15) is 9.59 Å². The third kappa shape index (κ3) is 4.93. The second kappa shape index (κ2) is 7.53. The number of benzene rings is 1. The van der Waals surface area contributed by atoms with Gasteiger partial charge in [0.15, 0.2) is 0 Å². The topological polar surface area (TPSA) is 88.5 Å². The molecule has 1 aliphatic rings. The maximum atomic E-state index is 12.3. The zero-order chi connectivity index (χ0) is 17.8. The highest BCUT2D eigenvalue weighted by molar-refractivity contribution is 6.32. The van der Waals surface area contributed by atoms with Gasteiger partial charge in [-0.05, 0) is 42.5 Å². The van der Waals surface area contributed by atoms with Crippen molar-refractivity contribution in [3.63, 3.8) is 0 Å². The number of pyridine rings is 1. The van der Waals surface area contributed by atoms with Gasteiger partial charge in [0.2, 0.25) is 5.88 Å². The standard InChI is InChI=1S/C18H17ClN2O4/c19-15-8-13(9-20-18(15)25-10-12-1-2-12)17(24)21-14-5-3-11(4-6-14)7-16(22)23/h3-6,8-9,12H,1-2,7,10H2,(H,21,24)(H,22,23). The Morgan fingerprint density at radius 2 is 2.00 bits per heavy atom. The summed E-state index contributed by atoms with van der Waals surface area (Å²) in [6, 6.07) is 8.13. The fourth-order valence-electron chi connectivity index (χ4n) is 2.22. The van der Waals surface area contributed by atoms with Crippen LogP contribution in [0.1, 0.15) is 28.8 Å². The minimum atomic E-state index is -0.901. The van der Waals surface area contributed by atoms with E-state index in [1.54, 1.807) is 24.3 Å². The van der Waals surface area contributed by atoms with E-state index in [4.69, 9.17) is 21.4 Å². The van der Waals surface area contributed by atoms with Crippen LogP contribution in [0.15, 0.2) is 36.5 Å². The maximum absolute atomic E-state index is 12.3. The molecule has 1 fully saturated rings. The molecule has 1 aromatic carbocycles. The number of ether oxygens (including phenoxy) is 1. The number of carbonyl (C=O) groups excluding carboxylic acids is 1. The molecule has 0 spiro atoms. The van der Waals surface area contributed by atoms with Gasteiger partial charge in [0.25, 0.3) is 5.91 Å². The number of anilines is 1. The number of halogens is 1. The van der Waals surface area contributed by atoms with Gasteiger partial charge in [-0.1, -0.05) is 23.7 Å². The van der Waals surface area contributed by atoms with E-state index in [1.807, 2.05) is 0 Å². The van der Waals surface area contributed by atoms with Gasteiger partial charge in [-0.15, -0.1) is 0 Å². The van der Waals surface area contributed by atoms with Gasteiger partial charge in [-0.3, -0.25) is 9.59 Å². The van der Waals surface area contributed by atoms with Crippen LogP contribution in [0.2, 0.25) is 5.02 Å². The zero-order valence-electron chi connectivity index (χ0n) is 13.4. The van der Waals surface area contributed by atoms with Crippen molar-refractivity contribution in [2.24, 2.45) is 5.92 Å². The lowest BCUT2D eigenvalue weighted by Gasteiger charge is -2.09. The number of aromatic nitrogens is 1. The maximum Gasteiger partial charge on any atom is 0.307 e. The molecule has 2 N–H and O–H groups in total. The Kier molecular flexibility index (Phi) is 5.19. The Morgan fingerprint density at radius 3 is 2.60 bits per heavy atom. The monoisotopic (exact) mass is 360 g/mol.